The number of carboxylic acid groups (broad SMARTS) is 1. The minimum absolute atomic E-state index is 0.0564. The van der Waals surface area contributed by atoms with Crippen LogP contribution in [0.3, 0.4) is 0 Å². The number of aryl methyl sites for hydroxylation is 1. The van der Waals surface area contributed by atoms with E-state index in [0.29, 0.717) is 13.2 Å². The van der Waals surface area contributed by atoms with Crippen LogP contribution in [-0.2, 0) is 25.4 Å². The molecule has 6 nitrogen and oxygen atoms in total. The summed E-state index contributed by atoms with van der Waals surface area (Å²) in [5.41, 5.74) is 1.30. The van der Waals surface area contributed by atoms with E-state index in [2.05, 4.69) is 36.5 Å². The van der Waals surface area contributed by atoms with E-state index in [1.54, 1.807) is 7.11 Å². The minimum atomic E-state index is -0.875. The molecule has 1 aromatic rings. The number of hydrogen-bond donors (Lipinski definition) is 2. The molecule has 1 aromatic carbocycles. The fraction of sp³-hybridized carbons (Fsp3) is 0.731. The summed E-state index contributed by atoms with van der Waals surface area (Å²) < 4.78 is 18.1. The molecule has 1 saturated heterocycles. The van der Waals surface area contributed by atoms with Crippen molar-refractivity contribution in [2.24, 2.45) is 0 Å². The van der Waals surface area contributed by atoms with Crippen molar-refractivity contribution in [3.8, 4) is 0 Å². The number of hydrogen-bond acceptors (Lipinski definition) is 5. The third kappa shape index (κ3) is 9.99. The van der Waals surface area contributed by atoms with Crippen molar-refractivity contribution in [2.75, 3.05) is 26.9 Å². The lowest BCUT2D eigenvalue weighted by atomic mass is 9.92. The molecule has 182 valence electrons. The maximum Gasteiger partial charge on any atom is 0.317 e. The monoisotopic (exact) mass is 449 g/mol. The van der Waals surface area contributed by atoms with Gasteiger partial charge in [-0.2, -0.15) is 0 Å². The van der Waals surface area contributed by atoms with Gasteiger partial charge in [-0.3, -0.25) is 10.1 Å². The van der Waals surface area contributed by atoms with Crippen LogP contribution >= 0.6 is 0 Å². The Kier molecular flexibility index (Phi) is 13.5. The van der Waals surface area contributed by atoms with Crippen molar-refractivity contribution in [1.82, 2.24) is 5.32 Å². The van der Waals surface area contributed by atoms with Gasteiger partial charge in [0.1, 0.15) is 12.2 Å². The molecule has 2 rings (SSSR count). The van der Waals surface area contributed by atoms with E-state index >= 15 is 0 Å². The van der Waals surface area contributed by atoms with Crippen molar-refractivity contribution in [2.45, 2.75) is 95.5 Å². The first-order valence-corrected chi connectivity index (χ1v) is 12.4. The van der Waals surface area contributed by atoms with Crippen molar-refractivity contribution in [3.63, 3.8) is 0 Å². The fourth-order valence-electron chi connectivity index (χ4n) is 4.48. The molecule has 32 heavy (non-hydrogen) atoms. The lowest BCUT2D eigenvalue weighted by molar-refractivity contribution is -0.174. The highest BCUT2D eigenvalue weighted by Crippen LogP contribution is 2.25. The Balaban J connectivity index is 1.81. The van der Waals surface area contributed by atoms with Gasteiger partial charge in [0.15, 0.2) is 0 Å². The van der Waals surface area contributed by atoms with Crippen LogP contribution in [0.25, 0.3) is 0 Å². The van der Waals surface area contributed by atoms with E-state index in [-0.39, 0.29) is 30.9 Å². The number of methoxy groups -OCH3 is 1. The fourth-order valence-corrected chi connectivity index (χ4v) is 4.48. The predicted octanol–water partition coefficient (Wildman–Crippen LogP) is 4.60. The van der Waals surface area contributed by atoms with Gasteiger partial charge >= 0.3 is 5.97 Å². The quantitative estimate of drug-likeness (QED) is 0.339. The first-order valence-electron chi connectivity index (χ1n) is 12.4. The highest BCUT2D eigenvalue weighted by Gasteiger charge is 2.41. The summed E-state index contributed by atoms with van der Waals surface area (Å²) in [7, 11) is 1.68. The molecule has 2 N–H and O–H groups in total. The second-order valence-electron chi connectivity index (χ2n) is 8.78. The third-order valence-electron chi connectivity index (χ3n) is 6.23. The van der Waals surface area contributed by atoms with E-state index in [1.165, 1.54) is 44.1 Å². The zero-order valence-electron chi connectivity index (χ0n) is 20.0. The predicted molar refractivity (Wildman–Crippen MR) is 127 cm³/mol. The average molecular weight is 450 g/mol. The van der Waals surface area contributed by atoms with Gasteiger partial charge in [0, 0.05) is 13.7 Å². The maximum atomic E-state index is 11.2. The molecule has 4 atom stereocenters. The summed E-state index contributed by atoms with van der Waals surface area (Å²) in [5.74, 6) is -0.875. The molecule has 1 fully saturated rings. The highest BCUT2D eigenvalue weighted by atomic mass is 16.6. The second kappa shape index (κ2) is 16.2. The zero-order chi connectivity index (χ0) is 23.0. The van der Waals surface area contributed by atoms with Gasteiger partial charge in [0.2, 0.25) is 0 Å². The SMILES string of the molecule is CCCCCCCCC[C@@H]1OC[C@@H](OCCCc2ccccc2)[C@@H](OC)[C@@H]1NCC(=O)O. The third-order valence-corrected chi connectivity index (χ3v) is 6.23. The van der Waals surface area contributed by atoms with Gasteiger partial charge in [-0.15, -0.1) is 0 Å². The Morgan fingerprint density at radius 3 is 2.50 bits per heavy atom. The average Bonchev–Trinajstić information content (AvgIpc) is 2.81. The Bertz CT molecular complexity index is 611. The summed E-state index contributed by atoms with van der Waals surface area (Å²) in [4.78, 5) is 11.2. The van der Waals surface area contributed by atoms with Crippen LogP contribution in [-0.4, -0.2) is 62.3 Å². The van der Waals surface area contributed by atoms with Gasteiger partial charge in [0.05, 0.1) is 25.3 Å². The molecule has 0 aromatic heterocycles. The molecule has 0 saturated carbocycles. The van der Waals surface area contributed by atoms with Gasteiger partial charge < -0.3 is 19.3 Å². The molecule has 1 aliphatic rings. The second-order valence-corrected chi connectivity index (χ2v) is 8.78. The zero-order valence-corrected chi connectivity index (χ0v) is 20.0. The Morgan fingerprint density at radius 1 is 1.09 bits per heavy atom. The largest absolute Gasteiger partial charge is 0.480 e. The molecule has 0 bridgehead atoms. The van der Waals surface area contributed by atoms with E-state index in [1.807, 2.05) is 6.07 Å². The Labute approximate surface area is 194 Å². The number of aliphatic carboxylic acids is 1. The highest BCUT2D eigenvalue weighted by molar-refractivity contribution is 5.69. The van der Waals surface area contributed by atoms with E-state index < -0.39 is 5.97 Å². The van der Waals surface area contributed by atoms with Gasteiger partial charge in [-0.25, -0.2) is 0 Å². The first kappa shape index (κ1) is 26.8. The molecule has 0 spiro atoms. The summed E-state index contributed by atoms with van der Waals surface area (Å²) in [5, 5.41) is 12.3. The van der Waals surface area contributed by atoms with Crippen LogP contribution in [0, 0.1) is 0 Å². The van der Waals surface area contributed by atoms with Crippen LogP contribution in [0.2, 0.25) is 0 Å². The summed E-state index contributed by atoms with van der Waals surface area (Å²) in [6.45, 7) is 3.23. The summed E-state index contributed by atoms with van der Waals surface area (Å²) in [6.07, 6.45) is 11.0. The van der Waals surface area contributed by atoms with Crippen LogP contribution < -0.4 is 5.32 Å². The maximum absolute atomic E-state index is 11.2. The van der Waals surface area contributed by atoms with Crippen molar-refractivity contribution in [1.29, 1.82) is 0 Å². The number of rotatable bonds is 17. The number of carbonyl (C=O) groups is 1. The molecule has 1 aliphatic heterocycles. The molecule has 0 unspecified atom stereocenters. The molecular weight excluding hydrogens is 406 g/mol. The molecule has 1 heterocycles. The number of benzene rings is 1. The molecule has 0 radical (unpaired) electrons. The van der Waals surface area contributed by atoms with E-state index in [4.69, 9.17) is 14.2 Å². The minimum Gasteiger partial charge on any atom is -0.480 e. The van der Waals surface area contributed by atoms with Crippen LogP contribution in [0.1, 0.15) is 70.3 Å². The number of ether oxygens (including phenoxy) is 3. The lowest BCUT2D eigenvalue weighted by Crippen LogP contribution is -2.61. The lowest BCUT2D eigenvalue weighted by Gasteiger charge is -2.42. The number of carboxylic acids is 1. The molecule has 0 amide bonds. The van der Waals surface area contributed by atoms with Gasteiger partial charge in [-0.1, -0.05) is 82.2 Å². The summed E-state index contributed by atoms with van der Waals surface area (Å²) >= 11 is 0. The normalized spacial score (nSPS) is 23.3. The molecule has 0 aliphatic carbocycles. The Hall–Kier alpha value is -1.47. The molecule has 6 heteroatoms. The first-order chi connectivity index (χ1) is 15.7. The smallest absolute Gasteiger partial charge is 0.317 e. The van der Waals surface area contributed by atoms with Crippen LogP contribution in [0.5, 0.6) is 0 Å². The summed E-state index contributed by atoms with van der Waals surface area (Å²) in [6, 6.07) is 10.2. The van der Waals surface area contributed by atoms with Crippen molar-refractivity contribution < 1.29 is 24.1 Å². The van der Waals surface area contributed by atoms with Crippen LogP contribution in [0.15, 0.2) is 30.3 Å². The topological polar surface area (TPSA) is 77.0 Å². The standard InChI is InChI=1S/C26H43NO5/c1-3-4-5-6-7-8-12-17-22-25(27-19-24(28)29)26(30-2)23(20-32-22)31-18-13-16-21-14-10-9-11-15-21/h9-11,14-15,22-23,25-27H,3-8,12-13,16-20H2,1-2H3,(H,28,29)/t22-,23+,25+,26+/m0/s1. The molecular formula is C26H43NO5. The van der Waals surface area contributed by atoms with Crippen LogP contribution in [0.4, 0.5) is 0 Å². The van der Waals surface area contributed by atoms with Gasteiger partial charge in [-0.05, 0) is 24.8 Å². The Morgan fingerprint density at radius 2 is 1.81 bits per heavy atom. The van der Waals surface area contributed by atoms with E-state index in [9.17, 15) is 9.90 Å². The van der Waals surface area contributed by atoms with Crippen molar-refractivity contribution >= 4 is 5.97 Å². The number of nitrogens with one attached hydrogen (secondary N) is 1. The number of unbranched alkanes of at least 4 members (excludes halogenated alkanes) is 6. The van der Waals surface area contributed by atoms with Crippen molar-refractivity contribution in [3.05, 3.63) is 35.9 Å². The van der Waals surface area contributed by atoms with Gasteiger partial charge in [0.25, 0.3) is 0 Å². The van der Waals surface area contributed by atoms with E-state index in [0.717, 1.165) is 25.7 Å².